The van der Waals surface area contributed by atoms with Gasteiger partial charge in [0.05, 0.1) is 14.2 Å². The van der Waals surface area contributed by atoms with Gasteiger partial charge in [0.1, 0.15) is 11.5 Å². The van der Waals surface area contributed by atoms with Crippen LogP contribution in [0.15, 0.2) is 46.9 Å². The highest BCUT2D eigenvalue weighted by Gasteiger charge is 2.23. The number of amides is 1. The van der Waals surface area contributed by atoms with E-state index in [9.17, 15) is 4.79 Å². The number of rotatable bonds is 5. The van der Waals surface area contributed by atoms with Gasteiger partial charge in [-0.15, -0.1) is 0 Å². The van der Waals surface area contributed by atoms with Crippen LogP contribution in [0, 0.1) is 0 Å². The third-order valence-corrected chi connectivity index (χ3v) is 5.57. The van der Waals surface area contributed by atoms with Crippen molar-refractivity contribution in [2.24, 2.45) is 0 Å². The second-order valence-corrected chi connectivity index (χ2v) is 7.73. The van der Waals surface area contributed by atoms with Gasteiger partial charge in [-0.25, -0.2) is 9.59 Å². The van der Waals surface area contributed by atoms with E-state index >= 15 is 0 Å². The normalized spacial score (nSPS) is 13.5. The summed E-state index contributed by atoms with van der Waals surface area (Å²) in [6.45, 7) is 4.02. The van der Waals surface area contributed by atoms with Gasteiger partial charge in [0.2, 0.25) is 0 Å². The fourth-order valence-corrected chi connectivity index (χ4v) is 3.50. The van der Waals surface area contributed by atoms with Crippen LogP contribution < -0.4 is 9.47 Å². The highest BCUT2D eigenvalue weighted by atomic mass is 79.9. The zero-order valence-corrected chi connectivity index (χ0v) is 19.4. The first-order chi connectivity index (χ1) is 15.2. The Morgan fingerprint density at radius 3 is 1.91 bits per heavy atom. The summed E-state index contributed by atoms with van der Waals surface area (Å²) in [6.07, 6.45) is 0. The molecule has 1 aliphatic rings. The van der Waals surface area contributed by atoms with Crippen molar-refractivity contribution in [2.75, 3.05) is 40.4 Å². The lowest BCUT2D eigenvalue weighted by molar-refractivity contribution is -0.159. The lowest BCUT2D eigenvalue weighted by Crippen LogP contribution is -2.48. The molecule has 3 rings (SSSR count). The van der Waals surface area contributed by atoms with Gasteiger partial charge in [0, 0.05) is 48.8 Å². The Morgan fingerprint density at radius 2 is 1.44 bits per heavy atom. The lowest BCUT2D eigenvalue weighted by atomic mass is 10.1. The van der Waals surface area contributed by atoms with Crippen LogP contribution in [0.25, 0.3) is 0 Å². The van der Waals surface area contributed by atoms with Gasteiger partial charge in [-0.3, -0.25) is 9.69 Å². The van der Waals surface area contributed by atoms with Crippen LogP contribution in [0.5, 0.6) is 11.5 Å². The van der Waals surface area contributed by atoms with E-state index in [0.29, 0.717) is 30.2 Å². The number of carbonyl (C=O) groups excluding carboxylic acids is 1. The Hall–Kier alpha value is -3.11. The molecule has 1 heterocycles. The summed E-state index contributed by atoms with van der Waals surface area (Å²) in [5.74, 6) is -2.38. The molecular formula is C22H25BrN2O7. The molecule has 9 nitrogen and oxygen atoms in total. The number of carbonyl (C=O) groups is 3. The quantitative estimate of drug-likeness (QED) is 0.591. The van der Waals surface area contributed by atoms with E-state index in [1.54, 1.807) is 32.4 Å². The predicted octanol–water partition coefficient (Wildman–Crippen LogP) is 2.58. The van der Waals surface area contributed by atoms with Gasteiger partial charge in [-0.05, 0) is 23.8 Å². The molecule has 1 fully saturated rings. The van der Waals surface area contributed by atoms with Crippen molar-refractivity contribution in [3.63, 3.8) is 0 Å². The Balaban J connectivity index is 0.000000534. The molecule has 0 unspecified atom stereocenters. The molecule has 1 aliphatic heterocycles. The number of methoxy groups -OCH3 is 2. The molecule has 0 atom stereocenters. The lowest BCUT2D eigenvalue weighted by Gasteiger charge is -2.35. The van der Waals surface area contributed by atoms with Gasteiger partial charge in [-0.2, -0.15) is 0 Å². The van der Waals surface area contributed by atoms with Crippen molar-refractivity contribution < 1.29 is 34.1 Å². The summed E-state index contributed by atoms with van der Waals surface area (Å²) >= 11 is 3.60. The first-order valence-electron chi connectivity index (χ1n) is 9.69. The number of ether oxygens (including phenoxy) is 2. The van der Waals surface area contributed by atoms with E-state index in [-0.39, 0.29) is 5.91 Å². The van der Waals surface area contributed by atoms with Crippen LogP contribution in [-0.4, -0.2) is 78.3 Å². The zero-order chi connectivity index (χ0) is 23.7. The highest BCUT2D eigenvalue weighted by molar-refractivity contribution is 9.10. The molecule has 0 bridgehead atoms. The third-order valence-electron chi connectivity index (χ3n) is 4.79. The average molecular weight is 509 g/mol. The number of nitrogens with zero attached hydrogens (tertiary/aromatic N) is 2. The number of carboxylic acid groups (broad SMARTS) is 2. The highest BCUT2D eigenvalue weighted by Crippen LogP contribution is 2.24. The molecule has 2 aromatic carbocycles. The molecule has 1 amide bonds. The molecule has 10 heteroatoms. The number of aliphatic carboxylic acids is 2. The molecule has 0 aromatic heterocycles. The van der Waals surface area contributed by atoms with Gasteiger partial charge in [0.15, 0.2) is 0 Å². The van der Waals surface area contributed by atoms with E-state index in [4.69, 9.17) is 29.3 Å². The molecule has 0 saturated carbocycles. The number of hydrogen-bond donors (Lipinski definition) is 2. The summed E-state index contributed by atoms with van der Waals surface area (Å²) in [5, 5.41) is 14.8. The van der Waals surface area contributed by atoms with Gasteiger partial charge >= 0.3 is 11.9 Å². The third kappa shape index (κ3) is 7.24. The first kappa shape index (κ1) is 25.2. The minimum Gasteiger partial charge on any atom is -0.497 e. The minimum absolute atomic E-state index is 0.0164. The van der Waals surface area contributed by atoms with Crippen LogP contribution in [-0.2, 0) is 16.1 Å². The SMILES string of the molecule is COc1cc(OC)cc(C(=O)N2CCN(Cc3ccccc3Br)CC2)c1.O=C(O)C(=O)O. The van der Waals surface area contributed by atoms with Crippen molar-refractivity contribution in [1.82, 2.24) is 9.80 Å². The second-order valence-electron chi connectivity index (χ2n) is 6.87. The Bertz CT molecular complexity index is 925. The van der Waals surface area contributed by atoms with Gasteiger partial charge < -0.3 is 24.6 Å². The molecule has 0 spiro atoms. The largest absolute Gasteiger partial charge is 0.497 e. The summed E-state index contributed by atoms with van der Waals surface area (Å²) in [6, 6.07) is 13.6. The molecule has 0 radical (unpaired) electrons. The Morgan fingerprint density at radius 1 is 0.906 bits per heavy atom. The van der Waals surface area contributed by atoms with Crippen LogP contribution in [0.2, 0.25) is 0 Å². The van der Waals surface area contributed by atoms with Crippen molar-refractivity contribution in [3.8, 4) is 11.5 Å². The predicted molar refractivity (Wildman–Crippen MR) is 120 cm³/mol. The van der Waals surface area contributed by atoms with Crippen LogP contribution in [0.4, 0.5) is 0 Å². The fraction of sp³-hybridized carbons (Fsp3) is 0.318. The molecular weight excluding hydrogens is 484 g/mol. The summed E-state index contributed by atoms with van der Waals surface area (Å²) < 4.78 is 11.7. The molecule has 2 N–H and O–H groups in total. The summed E-state index contributed by atoms with van der Waals surface area (Å²) in [5.41, 5.74) is 1.87. The summed E-state index contributed by atoms with van der Waals surface area (Å²) in [4.78, 5) is 35.3. The maximum Gasteiger partial charge on any atom is 0.414 e. The Labute approximate surface area is 194 Å². The first-order valence-corrected chi connectivity index (χ1v) is 10.5. The van der Waals surface area contributed by atoms with Crippen molar-refractivity contribution >= 4 is 33.8 Å². The molecule has 1 saturated heterocycles. The topological polar surface area (TPSA) is 117 Å². The van der Waals surface area contributed by atoms with Crippen molar-refractivity contribution in [3.05, 3.63) is 58.1 Å². The van der Waals surface area contributed by atoms with E-state index < -0.39 is 11.9 Å². The van der Waals surface area contributed by atoms with Crippen molar-refractivity contribution in [2.45, 2.75) is 6.54 Å². The number of halogens is 1. The molecule has 2 aromatic rings. The van der Waals surface area contributed by atoms with Crippen LogP contribution in [0.1, 0.15) is 15.9 Å². The monoisotopic (exact) mass is 508 g/mol. The average Bonchev–Trinajstić information content (AvgIpc) is 2.80. The van der Waals surface area contributed by atoms with Crippen LogP contribution >= 0.6 is 15.9 Å². The summed E-state index contributed by atoms with van der Waals surface area (Å²) in [7, 11) is 3.17. The van der Waals surface area contributed by atoms with Gasteiger partial charge in [0.25, 0.3) is 5.91 Å². The van der Waals surface area contributed by atoms with E-state index in [0.717, 1.165) is 24.1 Å². The zero-order valence-electron chi connectivity index (χ0n) is 17.8. The Kier molecular flexibility index (Phi) is 9.48. The standard InChI is InChI=1S/C20H23BrN2O3.C2H2O4/c1-25-17-11-16(12-18(13-17)26-2)20(24)23-9-7-22(8-10-23)14-15-5-3-4-6-19(15)21;3-1(4)2(5)6/h3-6,11-13H,7-10,14H2,1-2H3;(H,3,4)(H,5,6). The van der Waals surface area contributed by atoms with E-state index in [1.165, 1.54) is 5.56 Å². The number of piperazine rings is 1. The van der Waals surface area contributed by atoms with Crippen molar-refractivity contribution in [1.29, 1.82) is 0 Å². The number of carboxylic acids is 2. The maximum absolute atomic E-state index is 12.8. The molecule has 32 heavy (non-hydrogen) atoms. The number of benzene rings is 2. The van der Waals surface area contributed by atoms with E-state index in [1.807, 2.05) is 11.0 Å². The van der Waals surface area contributed by atoms with Crippen LogP contribution in [0.3, 0.4) is 0 Å². The molecule has 172 valence electrons. The maximum atomic E-state index is 12.8. The second kappa shape index (κ2) is 12.1. The fourth-order valence-electron chi connectivity index (χ4n) is 3.09. The number of hydrogen-bond acceptors (Lipinski definition) is 6. The minimum atomic E-state index is -1.82. The van der Waals surface area contributed by atoms with E-state index in [2.05, 4.69) is 39.0 Å². The smallest absolute Gasteiger partial charge is 0.414 e. The van der Waals surface area contributed by atoms with Gasteiger partial charge in [-0.1, -0.05) is 34.1 Å². The molecule has 0 aliphatic carbocycles.